The summed E-state index contributed by atoms with van der Waals surface area (Å²) in [4.78, 5) is 10.3. The third kappa shape index (κ3) is 7.43. The number of hydrogen-bond acceptors (Lipinski definition) is 5. The standard InChI is InChI=1S/C10H23NO5Si/c1-8(2)14-17(7-11(12)13,15-9(3)4)16-10(5)6/h8-10H,7H2,1-6H3. The summed E-state index contributed by atoms with van der Waals surface area (Å²) < 4.78 is 16.9. The summed E-state index contributed by atoms with van der Waals surface area (Å²) in [6, 6.07) is 0. The Hall–Kier alpha value is -0.503. The summed E-state index contributed by atoms with van der Waals surface area (Å²) in [5.74, 6) is 0. The molecule has 0 aliphatic rings. The second kappa shape index (κ2) is 7.05. The zero-order chi connectivity index (χ0) is 13.6. The van der Waals surface area contributed by atoms with Crippen LogP contribution in [0, 0.1) is 10.1 Å². The minimum absolute atomic E-state index is 0.167. The molecular formula is C10H23NO5Si. The van der Waals surface area contributed by atoms with Crippen LogP contribution in [0.4, 0.5) is 0 Å². The molecule has 6 nitrogen and oxygen atoms in total. The van der Waals surface area contributed by atoms with Crippen molar-refractivity contribution in [2.45, 2.75) is 59.9 Å². The van der Waals surface area contributed by atoms with Gasteiger partial charge in [-0.3, -0.25) is 10.1 Å². The predicted octanol–water partition coefficient (Wildman–Crippen LogP) is 2.02. The van der Waals surface area contributed by atoms with E-state index in [4.69, 9.17) is 13.3 Å². The molecule has 0 fully saturated rings. The van der Waals surface area contributed by atoms with Gasteiger partial charge >= 0.3 is 8.80 Å². The van der Waals surface area contributed by atoms with Crippen LogP contribution in [0.2, 0.25) is 0 Å². The summed E-state index contributed by atoms with van der Waals surface area (Å²) in [7, 11) is -3.25. The fraction of sp³-hybridized carbons (Fsp3) is 1.00. The first kappa shape index (κ1) is 16.5. The highest BCUT2D eigenvalue weighted by atomic mass is 28.4. The van der Waals surface area contributed by atoms with Gasteiger partial charge < -0.3 is 13.3 Å². The number of nitro groups is 1. The van der Waals surface area contributed by atoms with Crippen LogP contribution in [-0.4, -0.2) is 38.2 Å². The third-order valence-corrected chi connectivity index (χ3v) is 4.71. The van der Waals surface area contributed by atoms with Crippen LogP contribution in [0.5, 0.6) is 0 Å². The molecule has 102 valence electrons. The molecule has 0 aromatic carbocycles. The van der Waals surface area contributed by atoms with Crippen molar-refractivity contribution in [2.75, 3.05) is 6.17 Å². The van der Waals surface area contributed by atoms with Gasteiger partial charge in [-0.15, -0.1) is 0 Å². The maximum atomic E-state index is 10.8. The van der Waals surface area contributed by atoms with E-state index in [-0.39, 0.29) is 18.3 Å². The molecule has 0 saturated heterocycles. The van der Waals surface area contributed by atoms with E-state index in [0.717, 1.165) is 0 Å². The van der Waals surface area contributed by atoms with E-state index in [2.05, 4.69) is 0 Å². The first-order chi connectivity index (χ1) is 7.67. The summed E-state index contributed by atoms with van der Waals surface area (Å²) >= 11 is 0. The van der Waals surface area contributed by atoms with Crippen LogP contribution in [-0.2, 0) is 13.3 Å². The summed E-state index contributed by atoms with van der Waals surface area (Å²) in [5.41, 5.74) is 0. The molecule has 0 spiro atoms. The van der Waals surface area contributed by atoms with E-state index >= 15 is 0 Å². The summed E-state index contributed by atoms with van der Waals surface area (Å²) in [5, 5.41) is 10.8. The van der Waals surface area contributed by atoms with E-state index in [1.165, 1.54) is 0 Å². The average Bonchev–Trinajstić information content (AvgIpc) is 1.95. The molecule has 0 rings (SSSR count). The lowest BCUT2D eigenvalue weighted by atomic mass is 10.5. The Bertz CT molecular complexity index is 218. The van der Waals surface area contributed by atoms with Gasteiger partial charge in [-0.1, -0.05) is 0 Å². The van der Waals surface area contributed by atoms with Crippen molar-refractivity contribution >= 4 is 8.80 Å². The molecule has 0 bridgehead atoms. The normalized spacial score (nSPS) is 12.8. The van der Waals surface area contributed by atoms with Gasteiger partial charge in [0.2, 0.25) is 0 Å². The predicted molar refractivity (Wildman–Crippen MR) is 66.3 cm³/mol. The van der Waals surface area contributed by atoms with Crippen LogP contribution >= 0.6 is 0 Å². The average molecular weight is 265 g/mol. The molecule has 0 radical (unpaired) electrons. The lowest BCUT2D eigenvalue weighted by molar-refractivity contribution is -0.469. The SMILES string of the molecule is CC(C)O[Si](C[N+](=O)[O-])(OC(C)C)OC(C)C. The third-order valence-electron chi connectivity index (χ3n) is 1.57. The van der Waals surface area contributed by atoms with Crippen LogP contribution in [0.3, 0.4) is 0 Å². The van der Waals surface area contributed by atoms with E-state index in [0.29, 0.717) is 0 Å². The van der Waals surface area contributed by atoms with Gasteiger partial charge in [0.25, 0.3) is 6.17 Å². The van der Waals surface area contributed by atoms with Crippen molar-refractivity contribution < 1.29 is 18.2 Å². The van der Waals surface area contributed by atoms with Gasteiger partial charge in [-0.05, 0) is 41.5 Å². The maximum absolute atomic E-state index is 10.8. The van der Waals surface area contributed by atoms with Crippen molar-refractivity contribution in [3.05, 3.63) is 10.1 Å². The van der Waals surface area contributed by atoms with Crippen LogP contribution in [0.1, 0.15) is 41.5 Å². The summed E-state index contributed by atoms with van der Waals surface area (Å²) in [6.45, 7) is 10.9. The Morgan fingerprint density at radius 2 is 1.24 bits per heavy atom. The molecule has 7 heteroatoms. The van der Waals surface area contributed by atoms with Gasteiger partial charge in [0.05, 0.1) is 0 Å². The molecule has 17 heavy (non-hydrogen) atoms. The first-order valence-electron chi connectivity index (χ1n) is 5.82. The molecule has 0 aromatic heterocycles. The molecule has 0 atom stereocenters. The number of nitrogens with zero attached hydrogens (tertiary/aromatic N) is 1. The highest BCUT2D eigenvalue weighted by Crippen LogP contribution is 2.17. The Balaban J connectivity index is 4.96. The maximum Gasteiger partial charge on any atom is 0.577 e. The monoisotopic (exact) mass is 265 g/mol. The zero-order valence-electron chi connectivity index (χ0n) is 11.4. The number of hydrogen-bond donors (Lipinski definition) is 0. The van der Waals surface area contributed by atoms with Crippen LogP contribution < -0.4 is 0 Å². The smallest absolute Gasteiger partial charge is 0.367 e. The van der Waals surface area contributed by atoms with E-state index in [1.807, 2.05) is 41.5 Å². The van der Waals surface area contributed by atoms with Crippen molar-refractivity contribution in [3.63, 3.8) is 0 Å². The highest BCUT2D eigenvalue weighted by Gasteiger charge is 2.50. The lowest BCUT2D eigenvalue weighted by Gasteiger charge is -2.31. The highest BCUT2D eigenvalue weighted by molar-refractivity contribution is 6.60. The molecule has 0 N–H and O–H groups in total. The first-order valence-corrected chi connectivity index (χ1v) is 7.75. The van der Waals surface area contributed by atoms with E-state index < -0.39 is 19.9 Å². The molecule has 0 unspecified atom stereocenters. The quantitative estimate of drug-likeness (QED) is 0.381. The van der Waals surface area contributed by atoms with Crippen LogP contribution in [0.15, 0.2) is 0 Å². The molecule has 0 saturated carbocycles. The van der Waals surface area contributed by atoms with E-state index in [1.54, 1.807) is 0 Å². The van der Waals surface area contributed by atoms with Crippen LogP contribution in [0.25, 0.3) is 0 Å². The zero-order valence-corrected chi connectivity index (χ0v) is 12.4. The fourth-order valence-corrected chi connectivity index (χ4v) is 4.29. The van der Waals surface area contributed by atoms with Gasteiger partial charge in [-0.2, -0.15) is 0 Å². The molecule has 0 heterocycles. The second-order valence-electron chi connectivity index (χ2n) is 4.67. The van der Waals surface area contributed by atoms with E-state index in [9.17, 15) is 10.1 Å². The van der Waals surface area contributed by atoms with Crippen molar-refractivity contribution in [2.24, 2.45) is 0 Å². The van der Waals surface area contributed by atoms with Gasteiger partial charge in [-0.25, -0.2) is 0 Å². The Labute approximate surface area is 104 Å². The van der Waals surface area contributed by atoms with Gasteiger partial charge in [0.15, 0.2) is 0 Å². The Morgan fingerprint density at radius 3 is 1.41 bits per heavy atom. The number of rotatable bonds is 8. The van der Waals surface area contributed by atoms with Gasteiger partial charge in [0, 0.05) is 23.2 Å². The summed E-state index contributed by atoms with van der Waals surface area (Å²) in [6.07, 6.45) is -0.904. The molecule has 0 aromatic rings. The minimum Gasteiger partial charge on any atom is -0.367 e. The van der Waals surface area contributed by atoms with Crippen molar-refractivity contribution in [3.8, 4) is 0 Å². The minimum atomic E-state index is -3.25. The largest absolute Gasteiger partial charge is 0.577 e. The molecular weight excluding hydrogens is 242 g/mol. The van der Waals surface area contributed by atoms with Crippen molar-refractivity contribution in [1.29, 1.82) is 0 Å². The molecule has 0 amide bonds. The Morgan fingerprint density at radius 1 is 0.941 bits per heavy atom. The topological polar surface area (TPSA) is 70.8 Å². The van der Waals surface area contributed by atoms with Gasteiger partial charge in [0.1, 0.15) is 0 Å². The Kier molecular flexibility index (Phi) is 6.84. The van der Waals surface area contributed by atoms with Crippen molar-refractivity contribution in [1.82, 2.24) is 0 Å². The second-order valence-corrected chi connectivity index (χ2v) is 7.06. The lowest BCUT2D eigenvalue weighted by Crippen LogP contribution is -2.56. The molecule has 0 aliphatic carbocycles. The molecule has 0 aliphatic heterocycles. The fourth-order valence-electron chi connectivity index (χ4n) is 1.43.